The molecule has 0 amide bonds. The molecule has 0 unspecified atom stereocenters. The van der Waals surface area contributed by atoms with Crippen LogP contribution in [-0.4, -0.2) is 37.0 Å². The van der Waals surface area contributed by atoms with E-state index in [1.165, 1.54) is 4.31 Å². The summed E-state index contributed by atoms with van der Waals surface area (Å²) in [5.74, 6) is 0. The fourth-order valence-electron chi connectivity index (χ4n) is 2.64. The maximum absolute atomic E-state index is 12.8. The molecule has 2 aromatic carbocycles. The lowest BCUT2D eigenvalue weighted by Crippen LogP contribution is -2.40. The molecule has 2 aromatic rings. The average molecular weight is 291 g/mol. The van der Waals surface area contributed by atoms with Gasteiger partial charge in [-0.1, -0.05) is 36.4 Å². The van der Waals surface area contributed by atoms with Crippen LogP contribution in [0.5, 0.6) is 0 Å². The van der Waals surface area contributed by atoms with Crippen molar-refractivity contribution < 1.29 is 13.5 Å². The van der Waals surface area contributed by atoms with Gasteiger partial charge in [0.25, 0.3) is 0 Å². The molecule has 0 aromatic heterocycles. The highest BCUT2D eigenvalue weighted by Crippen LogP contribution is 2.27. The van der Waals surface area contributed by atoms with Gasteiger partial charge in [0, 0.05) is 18.5 Å². The quantitative estimate of drug-likeness (QED) is 0.920. The van der Waals surface area contributed by atoms with Crippen molar-refractivity contribution in [2.45, 2.75) is 23.8 Å². The Morgan fingerprint density at radius 1 is 1.00 bits per heavy atom. The molecule has 1 heterocycles. The van der Waals surface area contributed by atoms with Crippen LogP contribution in [0.1, 0.15) is 12.8 Å². The minimum atomic E-state index is -3.49. The predicted octanol–water partition coefficient (Wildman–Crippen LogP) is 1.99. The molecule has 20 heavy (non-hydrogen) atoms. The number of benzene rings is 2. The van der Waals surface area contributed by atoms with Crippen molar-refractivity contribution in [3.8, 4) is 0 Å². The van der Waals surface area contributed by atoms with E-state index in [2.05, 4.69) is 0 Å². The second-order valence-electron chi connectivity index (χ2n) is 5.11. The van der Waals surface area contributed by atoms with Gasteiger partial charge < -0.3 is 5.11 Å². The monoisotopic (exact) mass is 291 g/mol. The SMILES string of the molecule is O=S(=O)(c1cccc2ccccc12)N1CCC(O)CC1. The third kappa shape index (κ3) is 2.32. The van der Waals surface area contributed by atoms with E-state index < -0.39 is 10.0 Å². The van der Waals surface area contributed by atoms with Crippen LogP contribution < -0.4 is 0 Å². The second kappa shape index (κ2) is 5.16. The summed E-state index contributed by atoms with van der Waals surface area (Å²) in [5.41, 5.74) is 0. The molecule has 1 N–H and O–H groups in total. The molecule has 1 saturated heterocycles. The number of nitrogens with zero attached hydrogens (tertiary/aromatic N) is 1. The van der Waals surface area contributed by atoms with Crippen molar-refractivity contribution in [1.82, 2.24) is 4.31 Å². The highest BCUT2D eigenvalue weighted by Gasteiger charge is 2.29. The fraction of sp³-hybridized carbons (Fsp3) is 0.333. The second-order valence-corrected chi connectivity index (χ2v) is 7.02. The number of sulfonamides is 1. The van der Waals surface area contributed by atoms with Gasteiger partial charge in [0.2, 0.25) is 10.0 Å². The van der Waals surface area contributed by atoms with Gasteiger partial charge in [-0.25, -0.2) is 8.42 Å². The number of hydrogen-bond acceptors (Lipinski definition) is 3. The molecule has 1 fully saturated rings. The van der Waals surface area contributed by atoms with E-state index in [4.69, 9.17) is 0 Å². The largest absolute Gasteiger partial charge is 0.393 e. The first-order valence-corrected chi connectivity index (χ1v) is 8.19. The summed E-state index contributed by atoms with van der Waals surface area (Å²) in [6, 6.07) is 12.8. The Morgan fingerprint density at radius 3 is 2.40 bits per heavy atom. The van der Waals surface area contributed by atoms with E-state index in [0.29, 0.717) is 30.8 Å². The van der Waals surface area contributed by atoms with Crippen LogP contribution in [0, 0.1) is 0 Å². The number of fused-ring (bicyclic) bond motifs is 1. The normalized spacial score (nSPS) is 18.4. The molecule has 0 saturated carbocycles. The van der Waals surface area contributed by atoms with E-state index in [1.807, 2.05) is 30.3 Å². The Bertz CT molecular complexity index is 713. The van der Waals surface area contributed by atoms with Crippen molar-refractivity contribution in [3.05, 3.63) is 42.5 Å². The molecule has 0 bridgehead atoms. The van der Waals surface area contributed by atoms with E-state index in [9.17, 15) is 13.5 Å². The Kier molecular flexibility index (Phi) is 3.50. The van der Waals surface area contributed by atoms with Crippen LogP contribution in [0.15, 0.2) is 47.4 Å². The van der Waals surface area contributed by atoms with Crippen LogP contribution in [0.2, 0.25) is 0 Å². The van der Waals surface area contributed by atoms with Gasteiger partial charge in [-0.15, -0.1) is 0 Å². The smallest absolute Gasteiger partial charge is 0.243 e. The molecule has 0 radical (unpaired) electrons. The standard InChI is InChI=1S/C15H17NO3S/c17-13-8-10-16(11-9-13)20(18,19)15-7-3-5-12-4-1-2-6-14(12)15/h1-7,13,17H,8-11H2. The molecule has 3 rings (SSSR count). The summed E-state index contributed by atoms with van der Waals surface area (Å²) in [4.78, 5) is 0.354. The lowest BCUT2D eigenvalue weighted by Gasteiger charge is -2.29. The van der Waals surface area contributed by atoms with Crippen LogP contribution in [0.25, 0.3) is 10.8 Å². The number of aliphatic hydroxyl groups excluding tert-OH is 1. The highest BCUT2D eigenvalue weighted by molar-refractivity contribution is 7.89. The van der Waals surface area contributed by atoms with E-state index >= 15 is 0 Å². The van der Waals surface area contributed by atoms with E-state index in [0.717, 1.165) is 10.8 Å². The van der Waals surface area contributed by atoms with Crippen LogP contribution in [0.3, 0.4) is 0 Å². The third-order valence-electron chi connectivity index (χ3n) is 3.79. The van der Waals surface area contributed by atoms with Crippen molar-refractivity contribution >= 4 is 20.8 Å². The molecule has 106 valence electrons. The van der Waals surface area contributed by atoms with Gasteiger partial charge in [-0.3, -0.25) is 0 Å². The molecule has 5 heteroatoms. The van der Waals surface area contributed by atoms with Gasteiger partial charge in [0.05, 0.1) is 11.0 Å². The first-order valence-electron chi connectivity index (χ1n) is 6.75. The first-order chi connectivity index (χ1) is 9.59. The Hall–Kier alpha value is -1.43. The lowest BCUT2D eigenvalue weighted by molar-refractivity contribution is 0.113. The minimum absolute atomic E-state index is 0.354. The number of aliphatic hydroxyl groups is 1. The van der Waals surface area contributed by atoms with Gasteiger partial charge in [0.15, 0.2) is 0 Å². The summed E-state index contributed by atoms with van der Waals surface area (Å²) in [6.07, 6.45) is 0.627. The predicted molar refractivity (Wildman–Crippen MR) is 77.9 cm³/mol. The summed E-state index contributed by atoms with van der Waals surface area (Å²) < 4.78 is 27.0. The summed E-state index contributed by atoms with van der Waals surface area (Å²) in [7, 11) is -3.49. The topological polar surface area (TPSA) is 57.6 Å². The van der Waals surface area contributed by atoms with Crippen molar-refractivity contribution in [1.29, 1.82) is 0 Å². The lowest BCUT2D eigenvalue weighted by atomic mass is 10.1. The van der Waals surface area contributed by atoms with Gasteiger partial charge in [-0.05, 0) is 24.3 Å². The zero-order valence-corrected chi connectivity index (χ0v) is 11.9. The van der Waals surface area contributed by atoms with Crippen LogP contribution in [0.4, 0.5) is 0 Å². The Balaban J connectivity index is 2.05. The number of hydrogen-bond donors (Lipinski definition) is 1. The average Bonchev–Trinajstić information content (AvgIpc) is 2.47. The summed E-state index contributed by atoms with van der Waals surface area (Å²) >= 11 is 0. The molecule has 4 nitrogen and oxygen atoms in total. The molecular weight excluding hydrogens is 274 g/mol. The van der Waals surface area contributed by atoms with Crippen LogP contribution in [-0.2, 0) is 10.0 Å². The fourth-order valence-corrected chi connectivity index (χ4v) is 4.33. The molecule has 0 aliphatic carbocycles. The summed E-state index contributed by atoms with van der Waals surface area (Å²) in [5, 5.41) is 11.2. The maximum atomic E-state index is 12.8. The van der Waals surface area contributed by atoms with Crippen molar-refractivity contribution in [2.75, 3.05) is 13.1 Å². The first kappa shape index (κ1) is 13.5. The van der Waals surface area contributed by atoms with E-state index in [1.54, 1.807) is 12.1 Å². The maximum Gasteiger partial charge on any atom is 0.243 e. The molecular formula is C15H17NO3S. The Morgan fingerprint density at radius 2 is 1.65 bits per heavy atom. The molecule has 0 spiro atoms. The van der Waals surface area contributed by atoms with Gasteiger partial charge in [-0.2, -0.15) is 4.31 Å². The molecule has 1 aliphatic heterocycles. The zero-order chi connectivity index (χ0) is 14.2. The number of piperidine rings is 1. The summed E-state index contributed by atoms with van der Waals surface area (Å²) in [6.45, 7) is 0.763. The Labute approximate surface area is 118 Å². The molecule has 1 aliphatic rings. The highest BCUT2D eigenvalue weighted by atomic mass is 32.2. The molecule has 0 atom stereocenters. The number of rotatable bonds is 2. The van der Waals surface area contributed by atoms with Gasteiger partial charge in [0.1, 0.15) is 0 Å². The van der Waals surface area contributed by atoms with Crippen molar-refractivity contribution in [3.63, 3.8) is 0 Å². The van der Waals surface area contributed by atoms with Gasteiger partial charge >= 0.3 is 0 Å². The van der Waals surface area contributed by atoms with Crippen LogP contribution >= 0.6 is 0 Å². The van der Waals surface area contributed by atoms with E-state index in [-0.39, 0.29) is 6.10 Å². The minimum Gasteiger partial charge on any atom is -0.393 e. The third-order valence-corrected chi connectivity index (χ3v) is 5.75. The van der Waals surface area contributed by atoms with Crippen molar-refractivity contribution in [2.24, 2.45) is 0 Å². The zero-order valence-electron chi connectivity index (χ0n) is 11.1.